The second-order valence-electron chi connectivity index (χ2n) is 3.94. The molecule has 1 aromatic carbocycles. The first kappa shape index (κ1) is 12.7. The van der Waals surface area contributed by atoms with Crippen LogP contribution in [0.25, 0.3) is 0 Å². The van der Waals surface area contributed by atoms with Gasteiger partial charge in [-0.2, -0.15) is 0 Å². The number of halogens is 2. The highest BCUT2D eigenvalue weighted by atomic mass is 35.5. The van der Waals surface area contributed by atoms with E-state index in [2.05, 4.69) is 4.98 Å². The Balaban J connectivity index is 2.27. The molecule has 0 aliphatic heterocycles. The maximum Gasteiger partial charge on any atom is 0.229 e. The molecule has 1 aromatic heterocycles. The van der Waals surface area contributed by atoms with Gasteiger partial charge >= 0.3 is 0 Å². The van der Waals surface area contributed by atoms with Crippen molar-refractivity contribution >= 4 is 16.8 Å². The van der Waals surface area contributed by atoms with Crippen LogP contribution in [0.1, 0.15) is 17.2 Å². The van der Waals surface area contributed by atoms with Crippen LogP contribution in [-0.2, 0) is 11.2 Å². The van der Waals surface area contributed by atoms with Gasteiger partial charge in [0, 0.05) is 18.3 Å². The van der Waals surface area contributed by atoms with Gasteiger partial charge in [-0.15, -0.1) is 0 Å². The first-order valence-corrected chi connectivity index (χ1v) is 5.89. The smallest absolute Gasteiger partial charge is 0.229 e. The van der Waals surface area contributed by atoms with Crippen LogP contribution < -0.4 is 0 Å². The summed E-state index contributed by atoms with van der Waals surface area (Å²) in [7, 11) is 0. The van der Waals surface area contributed by atoms with E-state index in [4.69, 9.17) is 11.6 Å². The van der Waals surface area contributed by atoms with Gasteiger partial charge in [-0.3, -0.25) is 9.78 Å². The average molecular weight is 264 g/mol. The standard InChI is InChI=1S/C14H11ClFNO/c15-14(18)13(9-12-6-1-2-7-17-12)10-4-3-5-11(16)8-10/h1-8,13H,9H2. The molecule has 4 heteroatoms. The molecule has 0 spiro atoms. The second kappa shape index (κ2) is 5.74. The number of aromatic nitrogens is 1. The van der Waals surface area contributed by atoms with Gasteiger partial charge in [0.05, 0.1) is 5.92 Å². The summed E-state index contributed by atoms with van der Waals surface area (Å²) >= 11 is 5.59. The van der Waals surface area contributed by atoms with E-state index in [9.17, 15) is 9.18 Å². The molecule has 2 rings (SSSR count). The van der Waals surface area contributed by atoms with E-state index in [1.54, 1.807) is 24.4 Å². The summed E-state index contributed by atoms with van der Waals surface area (Å²) in [4.78, 5) is 15.6. The zero-order chi connectivity index (χ0) is 13.0. The van der Waals surface area contributed by atoms with Gasteiger partial charge in [0.15, 0.2) is 0 Å². The van der Waals surface area contributed by atoms with E-state index in [0.717, 1.165) is 5.69 Å². The largest absolute Gasteiger partial charge is 0.281 e. The Labute approximate surface area is 109 Å². The Morgan fingerprint density at radius 3 is 2.72 bits per heavy atom. The molecule has 1 atom stereocenters. The highest BCUT2D eigenvalue weighted by Crippen LogP contribution is 2.23. The van der Waals surface area contributed by atoms with E-state index >= 15 is 0 Å². The van der Waals surface area contributed by atoms with E-state index in [0.29, 0.717) is 12.0 Å². The number of hydrogen-bond acceptors (Lipinski definition) is 2. The first-order chi connectivity index (χ1) is 8.66. The second-order valence-corrected chi connectivity index (χ2v) is 4.31. The molecule has 0 aliphatic carbocycles. The molecule has 0 N–H and O–H groups in total. The quantitative estimate of drug-likeness (QED) is 0.792. The molecule has 1 heterocycles. The van der Waals surface area contributed by atoms with Gasteiger partial charge in [-0.25, -0.2) is 4.39 Å². The topological polar surface area (TPSA) is 30.0 Å². The number of pyridine rings is 1. The lowest BCUT2D eigenvalue weighted by Gasteiger charge is -2.12. The Hall–Kier alpha value is -1.74. The van der Waals surface area contributed by atoms with Crippen LogP contribution in [-0.4, -0.2) is 10.2 Å². The maximum absolute atomic E-state index is 13.2. The van der Waals surface area contributed by atoms with Gasteiger partial charge in [0.2, 0.25) is 5.24 Å². The van der Waals surface area contributed by atoms with Crippen molar-refractivity contribution < 1.29 is 9.18 Å². The third kappa shape index (κ3) is 3.14. The van der Waals surface area contributed by atoms with Crippen LogP contribution in [0.4, 0.5) is 4.39 Å². The number of carbonyl (C=O) groups is 1. The van der Waals surface area contributed by atoms with E-state index in [1.807, 2.05) is 12.1 Å². The molecule has 0 bridgehead atoms. The summed E-state index contributed by atoms with van der Waals surface area (Å²) in [6.45, 7) is 0. The van der Waals surface area contributed by atoms with Gasteiger partial charge in [0.25, 0.3) is 0 Å². The van der Waals surface area contributed by atoms with Gasteiger partial charge in [-0.05, 0) is 41.4 Å². The Morgan fingerprint density at radius 2 is 2.11 bits per heavy atom. The van der Waals surface area contributed by atoms with Crippen molar-refractivity contribution in [3.8, 4) is 0 Å². The van der Waals surface area contributed by atoms with Crippen LogP contribution in [0.3, 0.4) is 0 Å². The lowest BCUT2D eigenvalue weighted by atomic mass is 9.95. The van der Waals surface area contributed by atoms with E-state index in [-0.39, 0.29) is 5.82 Å². The van der Waals surface area contributed by atoms with Crippen molar-refractivity contribution in [1.29, 1.82) is 0 Å². The molecular formula is C14H11ClFNO. The van der Waals surface area contributed by atoms with Crippen molar-refractivity contribution in [2.75, 3.05) is 0 Å². The third-order valence-corrected chi connectivity index (χ3v) is 2.93. The number of nitrogens with zero attached hydrogens (tertiary/aromatic N) is 1. The molecular weight excluding hydrogens is 253 g/mol. The number of rotatable bonds is 4. The molecule has 0 amide bonds. The zero-order valence-corrected chi connectivity index (χ0v) is 10.3. The van der Waals surface area contributed by atoms with Gasteiger partial charge in [0.1, 0.15) is 5.82 Å². The minimum Gasteiger partial charge on any atom is -0.281 e. The van der Waals surface area contributed by atoms with Gasteiger partial charge in [-0.1, -0.05) is 18.2 Å². The van der Waals surface area contributed by atoms with Crippen LogP contribution in [0.2, 0.25) is 0 Å². The summed E-state index contributed by atoms with van der Waals surface area (Å²) in [6.07, 6.45) is 2.02. The number of hydrogen-bond donors (Lipinski definition) is 0. The van der Waals surface area contributed by atoms with Crippen LogP contribution in [0, 0.1) is 5.82 Å². The monoisotopic (exact) mass is 263 g/mol. The summed E-state index contributed by atoms with van der Waals surface area (Å²) in [6, 6.07) is 11.4. The molecule has 0 radical (unpaired) electrons. The molecule has 0 saturated heterocycles. The third-order valence-electron chi connectivity index (χ3n) is 2.66. The minimum absolute atomic E-state index is 0.368. The highest BCUT2D eigenvalue weighted by Gasteiger charge is 2.20. The summed E-state index contributed by atoms with van der Waals surface area (Å²) in [5, 5.41) is -0.508. The molecule has 2 aromatic rings. The van der Waals surface area contributed by atoms with Crippen molar-refractivity contribution in [2.24, 2.45) is 0 Å². The van der Waals surface area contributed by atoms with E-state index < -0.39 is 11.2 Å². The fourth-order valence-corrected chi connectivity index (χ4v) is 1.98. The molecule has 1 unspecified atom stereocenters. The van der Waals surface area contributed by atoms with Crippen molar-refractivity contribution in [2.45, 2.75) is 12.3 Å². The molecule has 2 nitrogen and oxygen atoms in total. The number of benzene rings is 1. The molecule has 0 aliphatic rings. The van der Waals surface area contributed by atoms with Crippen molar-refractivity contribution in [3.63, 3.8) is 0 Å². The van der Waals surface area contributed by atoms with Crippen LogP contribution >= 0.6 is 11.6 Å². The Kier molecular flexibility index (Phi) is 4.05. The maximum atomic E-state index is 13.2. The van der Waals surface area contributed by atoms with Crippen LogP contribution in [0.5, 0.6) is 0 Å². The fourth-order valence-electron chi connectivity index (χ4n) is 1.78. The van der Waals surface area contributed by atoms with Crippen molar-refractivity contribution in [3.05, 3.63) is 65.7 Å². The SMILES string of the molecule is O=C(Cl)C(Cc1ccccn1)c1cccc(F)c1. The molecule has 92 valence electrons. The highest BCUT2D eigenvalue weighted by molar-refractivity contribution is 6.64. The predicted molar refractivity (Wildman–Crippen MR) is 67.9 cm³/mol. The normalized spacial score (nSPS) is 12.1. The number of carbonyl (C=O) groups excluding carboxylic acids is 1. The van der Waals surface area contributed by atoms with Gasteiger partial charge < -0.3 is 0 Å². The van der Waals surface area contributed by atoms with Crippen LogP contribution in [0.15, 0.2) is 48.7 Å². The summed E-state index contributed by atoms with van der Waals surface area (Å²) in [5.41, 5.74) is 1.32. The lowest BCUT2D eigenvalue weighted by Crippen LogP contribution is -2.11. The molecule has 0 fully saturated rings. The predicted octanol–water partition coefficient (Wildman–Crippen LogP) is 3.31. The Bertz CT molecular complexity index is 545. The Morgan fingerprint density at radius 1 is 1.28 bits per heavy atom. The minimum atomic E-state index is -0.572. The zero-order valence-electron chi connectivity index (χ0n) is 9.51. The molecule has 0 saturated carbocycles. The van der Waals surface area contributed by atoms with E-state index in [1.165, 1.54) is 12.1 Å². The molecule has 18 heavy (non-hydrogen) atoms. The summed E-state index contributed by atoms with van der Waals surface area (Å²) < 4.78 is 13.2. The average Bonchev–Trinajstić information content (AvgIpc) is 2.37. The lowest BCUT2D eigenvalue weighted by molar-refractivity contribution is -0.113. The van der Waals surface area contributed by atoms with Crippen molar-refractivity contribution in [1.82, 2.24) is 4.98 Å². The summed E-state index contributed by atoms with van der Waals surface area (Å²) in [5.74, 6) is -0.950. The fraction of sp³-hybridized carbons (Fsp3) is 0.143. The first-order valence-electron chi connectivity index (χ1n) is 5.51.